The first-order chi connectivity index (χ1) is 4.75. The van der Waals surface area contributed by atoms with E-state index in [0.717, 1.165) is 17.0 Å². The molecule has 0 saturated heterocycles. The molecule has 0 aromatic carbocycles. The third-order valence-corrected chi connectivity index (χ3v) is 3.79. The van der Waals surface area contributed by atoms with Crippen LogP contribution in [-0.2, 0) is 0 Å². The summed E-state index contributed by atoms with van der Waals surface area (Å²) in [4.78, 5) is 0. The van der Waals surface area contributed by atoms with E-state index in [1.165, 1.54) is 0 Å². The molecule has 1 unspecified atom stereocenters. The quantitative estimate of drug-likeness (QED) is 0.525. The van der Waals surface area contributed by atoms with Gasteiger partial charge in [-0.25, -0.2) is 0 Å². The summed E-state index contributed by atoms with van der Waals surface area (Å²) < 4.78 is 0. The first-order valence-corrected chi connectivity index (χ1v) is 5.24. The molecular formula is C5H11N3S2. The van der Waals surface area contributed by atoms with Gasteiger partial charge in [0, 0.05) is 0 Å². The molecule has 6 N–H and O–H groups in total. The van der Waals surface area contributed by atoms with Crippen molar-refractivity contribution in [2.45, 2.75) is 11.8 Å². The lowest BCUT2D eigenvalue weighted by Gasteiger charge is -2.04. The highest BCUT2D eigenvalue weighted by Gasteiger charge is 2.20. The van der Waals surface area contributed by atoms with E-state index in [1.54, 1.807) is 21.6 Å². The summed E-state index contributed by atoms with van der Waals surface area (Å²) in [5, 5.41) is 0.913. The van der Waals surface area contributed by atoms with Gasteiger partial charge in [-0.05, 0) is 29.3 Å². The van der Waals surface area contributed by atoms with Crippen LogP contribution in [0.5, 0.6) is 0 Å². The van der Waals surface area contributed by atoms with Crippen molar-refractivity contribution in [1.29, 1.82) is 0 Å². The number of hydrogen-bond acceptors (Lipinski definition) is 5. The van der Waals surface area contributed by atoms with E-state index in [0.29, 0.717) is 6.54 Å². The normalized spacial score (nSPS) is 26.0. The average Bonchev–Trinajstić information content (AvgIpc) is 2.20. The second kappa shape index (κ2) is 3.52. The molecule has 1 aliphatic heterocycles. The van der Waals surface area contributed by atoms with Gasteiger partial charge < -0.3 is 17.2 Å². The molecule has 5 heteroatoms. The third-order valence-electron chi connectivity index (χ3n) is 1.32. The Bertz CT molecular complexity index is 157. The second-order valence-electron chi connectivity index (χ2n) is 2.03. The van der Waals surface area contributed by atoms with Crippen molar-refractivity contribution in [3.8, 4) is 0 Å². The molecule has 1 aliphatic rings. The molecule has 0 radical (unpaired) electrons. The zero-order valence-corrected chi connectivity index (χ0v) is 7.17. The minimum Gasteiger partial charge on any atom is -0.393 e. The Hall–Kier alpha value is 0.160. The van der Waals surface area contributed by atoms with Crippen LogP contribution in [0.1, 0.15) is 6.42 Å². The van der Waals surface area contributed by atoms with Crippen LogP contribution in [0.15, 0.2) is 10.6 Å². The fourth-order valence-electron chi connectivity index (χ4n) is 0.776. The smallest absolute Gasteiger partial charge is 0.0860 e. The SMILES string of the molecule is NCCC1=C(N)SSC1N. The minimum absolute atomic E-state index is 0.0635. The van der Waals surface area contributed by atoms with Crippen LogP contribution in [0.3, 0.4) is 0 Å². The van der Waals surface area contributed by atoms with Crippen molar-refractivity contribution in [3.63, 3.8) is 0 Å². The van der Waals surface area contributed by atoms with Crippen molar-refractivity contribution in [1.82, 2.24) is 0 Å². The molecule has 0 aromatic rings. The zero-order valence-electron chi connectivity index (χ0n) is 5.54. The van der Waals surface area contributed by atoms with E-state index >= 15 is 0 Å². The summed E-state index contributed by atoms with van der Waals surface area (Å²) >= 11 is 0. The maximum atomic E-state index is 5.70. The Balaban J connectivity index is 2.59. The van der Waals surface area contributed by atoms with Gasteiger partial charge in [0.25, 0.3) is 0 Å². The van der Waals surface area contributed by atoms with Crippen molar-refractivity contribution < 1.29 is 0 Å². The lowest BCUT2D eigenvalue weighted by atomic mass is 10.2. The Kier molecular flexibility index (Phi) is 2.91. The highest BCUT2D eigenvalue weighted by atomic mass is 33.1. The Labute approximate surface area is 68.2 Å². The number of rotatable bonds is 2. The van der Waals surface area contributed by atoms with Gasteiger partial charge in [0.1, 0.15) is 0 Å². The molecular weight excluding hydrogens is 166 g/mol. The van der Waals surface area contributed by atoms with Gasteiger partial charge in [-0.2, -0.15) is 0 Å². The van der Waals surface area contributed by atoms with Gasteiger partial charge in [0.15, 0.2) is 0 Å². The van der Waals surface area contributed by atoms with Crippen LogP contribution in [0.4, 0.5) is 0 Å². The molecule has 0 amide bonds. The van der Waals surface area contributed by atoms with Crippen molar-refractivity contribution in [3.05, 3.63) is 10.6 Å². The summed E-state index contributed by atoms with van der Waals surface area (Å²) in [6.07, 6.45) is 0.826. The minimum atomic E-state index is 0.0635. The highest BCUT2D eigenvalue weighted by Crippen LogP contribution is 2.42. The predicted molar refractivity (Wildman–Crippen MR) is 48.0 cm³/mol. The van der Waals surface area contributed by atoms with E-state index in [-0.39, 0.29) is 5.37 Å². The molecule has 0 fully saturated rings. The Morgan fingerprint density at radius 3 is 2.60 bits per heavy atom. The molecule has 3 nitrogen and oxygen atoms in total. The Morgan fingerprint density at radius 1 is 1.50 bits per heavy atom. The number of nitrogens with two attached hydrogens (primary N) is 3. The molecule has 1 atom stereocenters. The molecule has 58 valence electrons. The predicted octanol–water partition coefficient (Wildman–Crippen LogP) is 0.185. The monoisotopic (exact) mass is 177 g/mol. The lowest BCUT2D eigenvalue weighted by molar-refractivity contribution is 0.883. The summed E-state index contributed by atoms with van der Waals surface area (Å²) in [5.74, 6) is 0. The summed E-state index contributed by atoms with van der Waals surface area (Å²) in [6.45, 7) is 0.630. The van der Waals surface area contributed by atoms with Crippen LogP contribution in [0.25, 0.3) is 0 Å². The molecule has 0 aliphatic carbocycles. The molecule has 1 heterocycles. The van der Waals surface area contributed by atoms with E-state index < -0.39 is 0 Å². The fraction of sp³-hybridized carbons (Fsp3) is 0.600. The van der Waals surface area contributed by atoms with Gasteiger partial charge in [-0.1, -0.05) is 10.8 Å². The highest BCUT2D eigenvalue weighted by molar-refractivity contribution is 8.78. The van der Waals surface area contributed by atoms with E-state index in [1.807, 2.05) is 0 Å². The summed E-state index contributed by atoms with van der Waals surface area (Å²) in [7, 11) is 3.14. The van der Waals surface area contributed by atoms with Crippen molar-refractivity contribution in [2.24, 2.45) is 17.2 Å². The van der Waals surface area contributed by atoms with Crippen LogP contribution >= 0.6 is 21.6 Å². The molecule has 0 bridgehead atoms. The first-order valence-electron chi connectivity index (χ1n) is 3.03. The van der Waals surface area contributed by atoms with Gasteiger partial charge in [0.05, 0.1) is 10.4 Å². The zero-order chi connectivity index (χ0) is 7.56. The van der Waals surface area contributed by atoms with E-state index in [2.05, 4.69) is 0 Å². The summed E-state index contributed by atoms with van der Waals surface area (Å²) in [6, 6.07) is 0. The second-order valence-corrected chi connectivity index (χ2v) is 4.41. The van der Waals surface area contributed by atoms with Gasteiger partial charge in [-0.3, -0.25) is 0 Å². The Morgan fingerprint density at radius 2 is 2.20 bits per heavy atom. The van der Waals surface area contributed by atoms with Crippen molar-refractivity contribution in [2.75, 3.05) is 6.54 Å². The molecule has 0 aromatic heterocycles. The molecule has 10 heavy (non-hydrogen) atoms. The van der Waals surface area contributed by atoms with E-state index in [4.69, 9.17) is 17.2 Å². The molecule has 0 saturated carbocycles. The average molecular weight is 177 g/mol. The topological polar surface area (TPSA) is 78.1 Å². The molecule has 0 spiro atoms. The maximum absolute atomic E-state index is 5.70. The maximum Gasteiger partial charge on any atom is 0.0860 e. The van der Waals surface area contributed by atoms with Crippen LogP contribution in [-0.4, -0.2) is 11.9 Å². The van der Waals surface area contributed by atoms with Crippen molar-refractivity contribution >= 4 is 21.6 Å². The third kappa shape index (κ3) is 1.60. The van der Waals surface area contributed by atoms with Crippen LogP contribution in [0.2, 0.25) is 0 Å². The molecule has 1 rings (SSSR count). The first kappa shape index (κ1) is 8.26. The summed E-state index contributed by atoms with van der Waals surface area (Å²) in [5.41, 5.74) is 17.8. The lowest BCUT2D eigenvalue weighted by Crippen LogP contribution is -2.18. The van der Waals surface area contributed by atoms with E-state index in [9.17, 15) is 0 Å². The van der Waals surface area contributed by atoms with Crippen LogP contribution in [0, 0.1) is 0 Å². The van der Waals surface area contributed by atoms with Gasteiger partial charge in [0.2, 0.25) is 0 Å². The largest absolute Gasteiger partial charge is 0.393 e. The fourth-order valence-corrected chi connectivity index (χ4v) is 3.05. The van der Waals surface area contributed by atoms with Gasteiger partial charge >= 0.3 is 0 Å². The van der Waals surface area contributed by atoms with Crippen LogP contribution < -0.4 is 17.2 Å². The standard InChI is InChI=1S/C5H11N3S2/c6-2-1-3-4(7)9-10-5(3)8/h4H,1-2,6-8H2. The number of hydrogen-bond donors (Lipinski definition) is 3. The van der Waals surface area contributed by atoms with Gasteiger partial charge in [-0.15, -0.1) is 0 Å².